The molecule has 2 aromatic rings. The SMILES string of the molecule is Nc1ccc(N2CCN(C3CC3)CC2)c2ncccc12. The molecule has 0 amide bonds. The van der Waals surface area contributed by atoms with Crippen molar-refractivity contribution < 1.29 is 0 Å². The minimum Gasteiger partial charge on any atom is -0.398 e. The van der Waals surface area contributed by atoms with E-state index in [2.05, 4.69) is 26.9 Å². The van der Waals surface area contributed by atoms with Gasteiger partial charge in [0, 0.05) is 49.5 Å². The fourth-order valence-electron chi connectivity index (χ4n) is 3.20. The number of piperazine rings is 1. The van der Waals surface area contributed by atoms with Crippen LogP contribution in [-0.4, -0.2) is 42.1 Å². The highest BCUT2D eigenvalue weighted by atomic mass is 15.3. The normalized spacial score (nSPS) is 20.5. The number of pyridine rings is 1. The maximum absolute atomic E-state index is 6.06. The number of nitrogens with zero attached hydrogens (tertiary/aromatic N) is 3. The van der Waals surface area contributed by atoms with Gasteiger partial charge in [0.1, 0.15) is 0 Å². The number of anilines is 2. The van der Waals surface area contributed by atoms with Crippen molar-refractivity contribution in [3.05, 3.63) is 30.5 Å². The lowest BCUT2D eigenvalue weighted by Crippen LogP contribution is -2.47. The van der Waals surface area contributed by atoms with Crippen LogP contribution in [0.4, 0.5) is 11.4 Å². The molecule has 4 heteroatoms. The topological polar surface area (TPSA) is 45.4 Å². The first-order chi connectivity index (χ1) is 9.83. The molecule has 4 rings (SSSR count). The third kappa shape index (κ3) is 2.00. The molecule has 2 N–H and O–H groups in total. The zero-order valence-electron chi connectivity index (χ0n) is 11.6. The molecule has 0 radical (unpaired) electrons. The van der Waals surface area contributed by atoms with Gasteiger partial charge in [-0.2, -0.15) is 0 Å². The Morgan fingerprint density at radius 1 is 1.05 bits per heavy atom. The molecular weight excluding hydrogens is 248 g/mol. The lowest BCUT2D eigenvalue weighted by molar-refractivity contribution is 0.248. The molecule has 0 spiro atoms. The van der Waals surface area contributed by atoms with Gasteiger partial charge < -0.3 is 10.6 Å². The molecule has 0 atom stereocenters. The summed E-state index contributed by atoms with van der Waals surface area (Å²) < 4.78 is 0. The van der Waals surface area contributed by atoms with Crippen molar-refractivity contribution in [2.75, 3.05) is 36.8 Å². The molecule has 2 heterocycles. The molecule has 2 aliphatic rings. The average Bonchev–Trinajstić information content (AvgIpc) is 3.33. The van der Waals surface area contributed by atoms with E-state index >= 15 is 0 Å². The van der Waals surface area contributed by atoms with E-state index in [9.17, 15) is 0 Å². The maximum Gasteiger partial charge on any atom is 0.0955 e. The lowest BCUT2D eigenvalue weighted by Gasteiger charge is -2.36. The zero-order chi connectivity index (χ0) is 13.5. The maximum atomic E-state index is 6.06. The minimum absolute atomic E-state index is 0.813. The number of benzene rings is 1. The first-order valence-corrected chi connectivity index (χ1v) is 7.45. The number of aromatic nitrogens is 1. The van der Waals surface area contributed by atoms with Crippen LogP contribution in [0.2, 0.25) is 0 Å². The van der Waals surface area contributed by atoms with Crippen LogP contribution in [0, 0.1) is 0 Å². The number of nitrogens with two attached hydrogens (primary N) is 1. The Bertz CT molecular complexity index is 627. The van der Waals surface area contributed by atoms with E-state index in [1.165, 1.54) is 31.6 Å². The summed E-state index contributed by atoms with van der Waals surface area (Å²) in [4.78, 5) is 9.63. The quantitative estimate of drug-likeness (QED) is 0.847. The molecule has 0 bridgehead atoms. The van der Waals surface area contributed by atoms with Gasteiger partial charge in [-0.25, -0.2) is 0 Å². The zero-order valence-corrected chi connectivity index (χ0v) is 11.6. The lowest BCUT2D eigenvalue weighted by atomic mass is 10.1. The molecule has 1 aromatic heterocycles. The Kier molecular flexibility index (Phi) is 2.77. The van der Waals surface area contributed by atoms with Crippen molar-refractivity contribution in [1.29, 1.82) is 0 Å². The predicted molar refractivity (Wildman–Crippen MR) is 83.0 cm³/mol. The number of fused-ring (bicyclic) bond motifs is 1. The average molecular weight is 268 g/mol. The third-order valence-electron chi connectivity index (χ3n) is 4.50. The molecule has 1 aliphatic heterocycles. The predicted octanol–water partition coefficient (Wildman–Crippen LogP) is 2.10. The molecule has 20 heavy (non-hydrogen) atoms. The fourth-order valence-corrected chi connectivity index (χ4v) is 3.20. The number of nitrogen functional groups attached to an aromatic ring is 1. The second-order valence-corrected chi connectivity index (χ2v) is 5.83. The molecule has 0 unspecified atom stereocenters. The van der Waals surface area contributed by atoms with E-state index in [0.717, 1.165) is 35.7 Å². The summed E-state index contributed by atoms with van der Waals surface area (Å²) in [6, 6.07) is 9.01. The highest BCUT2D eigenvalue weighted by Crippen LogP contribution is 2.32. The highest BCUT2D eigenvalue weighted by molar-refractivity contribution is 5.98. The summed E-state index contributed by atoms with van der Waals surface area (Å²) in [5.74, 6) is 0. The molecule has 2 fully saturated rings. The molecule has 104 valence electrons. The van der Waals surface area contributed by atoms with Gasteiger partial charge in [-0.15, -0.1) is 0 Å². The van der Waals surface area contributed by atoms with Crippen LogP contribution in [0.3, 0.4) is 0 Å². The van der Waals surface area contributed by atoms with Crippen molar-refractivity contribution in [1.82, 2.24) is 9.88 Å². The smallest absolute Gasteiger partial charge is 0.0955 e. The van der Waals surface area contributed by atoms with E-state index < -0.39 is 0 Å². The summed E-state index contributed by atoms with van der Waals surface area (Å²) in [7, 11) is 0. The molecule has 1 aromatic carbocycles. The van der Waals surface area contributed by atoms with Gasteiger partial charge in [-0.05, 0) is 37.1 Å². The van der Waals surface area contributed by atoms with Gasteiger partial charge in [-0.1, -0.05) is 0 Å². The van der Waals surface area contributed by atoms with Crippen molar-refractivity contribution in [3.8, 4) is 0 Å². The van der Waals surface area contributed by atoms with Crippen LogP contribution in [-0.2, 0) is 0 Å². The van der Waals surface area contributed by atoms with E-state index in [0.29, 0.717) is 0 Å². The Labute approximate surface area is 119 Å². The first kappa shape index (κ1) is 12.0. The van der Waals surface area contributed by atoms with Gasteiger partial charge in [0.2, 0.25) is 0 Å². The summed E-state index contributed by atoms with van der Waals surface area (Å²) in [5, 5.41) is 1.06. The summed E-state index contributed by atoms with van der Waals surface area (Å²) in [6.07, 6.45) is 4.64. The summed E-state index contributed by atoms with van der Waals surface area (Å²) >= 11 is 0. The van der Waals surface area contributed by atoms with Gasteiger partial charge in [0.15, 0.2) is 0 Å². The third-order valence-corrected chi connectivity index (χ3v) is 4.50. The molecule has 1 saturated carbocycles. The van der Waals surface area contributed by atoms with Crippen molar-refractivity contribution >= 4 is 22.3 Å². The van der Waals surface area contributed by atoms with Crippen molar-refractivity contribution in [3.63, 3.8) is 0 Å². The van der Waals surface area contributed by atoms with Gasteiger partial charge in [0.25, 0.3) is 0 Å². The van der Waals surface area contributed by atoms with Crippen LogP contribution >= 0.6 is 0 Å². The monoisotopic (exact) mass is 268 g/mol. The van der Waals surface area contributed by atoms with Crippen LogP contribution < -0.4 is 10.6 Å². The van der Waals surface area contributed by atoms with Crippen LogP contribution in [0.1, 0.15) is 12.8 Å². The van der Waals surface area contributed by atoms with E-state index in [-0.39, 0.29) is 0 Å². The van der Waals surface area contributed by atoms with Gasteiger partial charge in [-0.3, -0.25) is 9.88 Å². The molecule has 1 saturated heterocycles. The van der Waals surface area contributed by atoms with Gasteiger partial charge in [0.05, 0.1) is 11.2 Å². The van der Waals surface area contributed by atoms with Gasteiger partial charge >= 0.3 is 0 Å². The number of hydrogen-bond acceptors (Lipinski definition) is 4. The largest absolute Gasteiger partial charge is 0.398 e. The van der Waals surface area contributed by atoms with E-state index in [1.54, 1.807) is 0 Å². The molecule has 1 aliphatic carbocycles. The van der Waals surface area contributed by atoms with Crippen molar-refractivity contribution in [2.24, 2.45) is 0 Å². The minimum atomic E-state index is 0.813. The summed E-state index contributed by atoms with van der Waals surface area (Å²) in [5.41, 5.74) is 9.13. The standard InChI is InChI=1S/C16H20N4/c17-14-5-6-15(16-13(14)2-1-7-18-16)20-10-8-19(9-11-20)12-3-4-12/h1-2,5-7,12H,3-4,8-11,17H2. The summed E-state index contributed by atoms with van der Waals surface area (Å²) in [6.45, 7) is 4.52. The van der Waals surface area contributed by atoms with Crippen LogP contribution in [0.5, 0.6) is 0 Å². The molecular formula is C16H20N4. The second-order valence-electron chi connectivity index (χ2n) is 5.83. The molecule has 4 nitrogen and oxygen atoms in total. The number of rotatable bonds is 2. The van der Waals surface area contributed by atoms with E-state index in [1.807, 2.05) is 18.3 Å². The van der Waals surface area contributed by atoms with Crippen LogP contribution in [0.25, 0.3) is 10.9 Å². The van der Waals surface area contributed by atoms with E-state index in [4.69, 9.17) is 5.73 Å². The number of hydrogen-bond donors (Lipinski definition) is 1. The van der Waals surface area contributed by atoms with Crippen molar-refractivity contribution in [2.45, 2.75) is 18.9 Å². The Hall–Kier alpha value is -1.81. The second kappa shape index (κ2) is 4.63. The highest BCUT2D eigenvalue weighted by Gasteiger charge is 2.31. The Balaban J connectivity index is 1.64. The first-order valence-electron chi connectivity index (χ1n) is 7.45. The Morgan fingerprint density at radius 2 is 1.85 bits per heavy atom. The van der Waals surface area contributed by atoms with Crippen LogP contribution in [0.15, 0.2) is 30.5 Å². The fraction of sp³-hybridized carbons (Fsp3) is 0.438. The Morgan fingerprint density at radius 3 is 2.60 bits per heavy atom.